The van der Waals surface area contributed by atoms with E-state index in [2.05, 4.69) is 11.9 Å². The van der Waals surface area contributed by atoms with Crippen LogP contribution in [-0.4, -0.2) is 35.9 Å². The summed E-state index contributed by atoms with van der Waals surface area (Å²) in [7, 11) is 0. The average molecular weight is 398 g/mol. The van der Waals surface area contributed by atoms with Gasteiger partial charge in [-0.15, -0.1) is 0 Å². The zero-order valence-electron chi connectivity index (χ0n) is 16.3. The van der Waals surface area contributed by atoms with Crippen LogP contribution in [0.1, 0.15) is 48.5 Å². The number of hydrogen-bond donors (Lipinski definition) is 0. The van der Waals surface area contributed by atoms with Crippen molar-refractivity contribution in [3.05, 3.63) is 47.4 Å². The number of Topliss-reactive ketones (excluding diaryl/α,β-unsaturated/α-hetero) is 1. The number of halogens is 1. The number of aromatic nitrogens is 1. The molecule has 152 valence electrons. The zero-order chi connectivity index (χ0) is 20.4. The van der Waals surface area contributed by atoms with Crippen molar-refractivity contribution < 1.29 is 23.5 Å². The lowest BCUT2D eigenvalue weighted by Crippen LogP contribution is -2.32. The van der Waals surface area contributed by atoms with E-state index in [0.717, 1.165) is 12.8 Å². The van der Waals surface area contributed by atoms with E-state index in [4.69, 9.17) is 9.47 Å². The fraction of sp³-hybridized carbons (Fsp3) is 0.409. The predicted octanol–water partition coefficient (Wildman–Crippen LogP) is 3.71. The van der Waals surface area contributed by atoms with E-state index in [1.165, 1.54) is 17.2 Å². The lowest BCUT2D eigenvalue weighted by molar-refractivity contribution is -0.122. The molecule has 1 fully saturated rings. The third-order valence-electron chi connectivity index (χ3n) is 5.29. The van der Waals surface area contributed by atoms with E-state index in [0.29, 0.717) is 60.9 Å². The van der Waals surface area contributed by atoms with Crippen LogP contribution in [0.2, 0.25) is 0 Å². The van der Waals surface area contributed by atoms with Gasteiger partial charge in [0.1, 0.15) is 11.6 Å². The Kier molecular flexibility index (Phi) is 5.47. The number of nitrogens with zero attached hydrogens (tertiary/aromatic N) is 2. The van der Waals surface area contributed by atoms with Gasteiger partial charge in [0.25, 0.3) is 5.91 Å². The fourth-order valence-corrected chi connectivity index (χ4v) is 3.68. The van der Waals surface area contributed by atoms with Crippen LogP contribution >= 0.6 is 0 Å². The molecule has 0 bridgehead atoms. The van der Waals surface area contributed by atoms with E-state index in [1.807, 2.05) is 0 Å². The number of pyridine rings is 1. The molecule has 1 aromatic carbocycles. The Labute approximate surface area is 168 Å². The summed E-state index contributed by atoms with van der Waals surface area (Å²) >= 11 is 0. The molecule has 1 aliphatic carbocycles. The second kappa shape index (κ2) is 8.19. The molecule has 1 aromatic heterocycles. The van der Waals surface area contributed by atoms with E-state index >= 15 is 0 Å². The number of carbonyl (C=O) groups excluding carboxylic acids is 2. The first-order valence-electron chi connectivity index (χ1n) is 9.99. The molecule has 7 heteroatoms. The maximum Gasteiger partial charge on any atom is 0.268 e. The number of ether oxygens (including phenoxy) is 2. The SMILES string of the molecule is CCCCOc1ccc(OC2CCN(c3cc(F)c4c(c3)C(=O)CC4)C2=O)cn1. The van der Waals surface area contributed by atoms with Crippen LogP contribution in [0.5, 0.6) is 11.6 Å². The maximum absolute atomic E-state index is 14.4. The molecule has 0 saturated carbocycles. The average Bonchev–Trinajstić information content (AvgIpc) is 3.27. The lowest BCUT2D eigenvalue weighted by atomic mass is 10.1. The van der Waals surface area contributed by atoms with Crippen LogP contribution in [0.3, 0.4) is 0 Å². The third kappa shape index (κ3) is 3.95. The molecule has 2 aromatic rings. The monoisotopic (exact) mass is 398 g/mol. The van der Waals surface area contributed by atoms with E-state index < -0.39 is 11.9 Å². The van der Waals surface area contributed by atoms with Gasteiger partial charge in [-0.1, -0.05) is 13.3 Å². The van der Waals surface area contributed by atoms with Gasteiger partial charge in [0.2, 0.25) is 5.88 Å². The Hall–Kier alpha value is -2.96. The molecule has 0 N–H and O–H groups in total. The number of ketones is 1. The molecular formula is C22H23FN2O4. The van der Waals surface area contributed by atoms with E-state index in [1.54, 1.807) is 18.2 Å². The first-order valence-corrected chi connectivity index (χ1v) is 9.99. The van der Waals surface area contributed by atoms with Crippen molar-refractivity contribution in [1.82, 2.24) is 4.98 Å². The number of carbonyl (C=O) groups is 2. The molecule has 2 aliphatic rings. The number of benzene rings is 1. The largest absolute Gasteiger partial charge is 0.479 e. The molecule has 1 aliphatic heterocycles. The standard InChI is InChI=1S/C22H23FN2O4/c1-2-3-10-28-21-7-4-15(13-24-21)29-20-8-9-25(22(20)27)14-11-17-16(18(23)12-14)5-6-19(17)26/h4,7,11-13,20H,2-3,5-6,8-10H2,1H3. The van der Waals surface area contributed by atoms with Crippen LogP contribution in [-0.2, 0) is 11.2 Å². The van der Waals surface area contributed by atoms with Gasteiger partial charge in [-0.2, -0.15) is 0 Å². The number of unbranched alkanes of at least 4 members (excludes halogenated alkanes) is 1. The van der Waals surface area contributed by atoms with Crippen LogP contribution in [0, 0.1) is 5.82 Å². The zero-order valence-corrected chi connectivity index (χ0v) is 16.3. The van der Waals surface area contributed by atoms with Gasteiger partial charge >= 0.3 is 0 Å². The van der Waals surface area contributed by atoms with Gasteiger partial charge in [-0.3, -0.25) is 9.59 Å². The first-order chi connectivity index (χ1) is 14.1. The number of amides is 1. The number of anilines is 1. The molecule has 1 atom stereocenters. The highest BCUT2D eigenvalue weighted by Crippen LogP contribution is 2.32. The lowest BCUT2D eigenvalue weighted by Gasteiger charge is -2.18. The second-order valence-electron chi connectivity index (χ2n) is 7.30. The highest BCUT2D eigenvalue weighted by Gasteiger charge is 2.36. The fourth-order valence-electron chi connectivity index (χ4n) is 3.68. The Morgan fingerprint density at radius 2 is 2.10 bits per heavy atom. The molecule has 2 heterocycles. The smallest absolute Gasteiger partial charge is 0.268 e. The van der Waals surface area contributed by atoms with Gasteiger partial charge in [0.15, 0.2) is 11.9 Å². The maximum atomic E-state index is 14.4. The summed E-state index contributed by atoms with van der Waals surface area (Å²) in [6, 6.07) is 6.39. The highest BCUT2D eigenvalue weighted by atomic mass is 19.1. The minimum atomic E-state index is -0.671. The minimum Gasteiger partial charge on any atom is -0.479 e. The van der Waals surface area contributed by atoms with Crippen LogP contribution < -0.4 is 14.4 Å². The normalized spacial score (nSPS) is 18.3. The molecule has 0 radical (unpaired) electrons. The molecule has 1 saturated heterocycles. The van der Waals surface area contributed by atoms with Gasteiger partial charge in [-0.25, -0.2) is 9.37 Å². The number of fused-ring (bicyclic) bond motifs is 1. The molecule has 1 unspecified atom stereocenters. The first kappa shape index (κ1) is 19.4. The predicted molar refractivity (Wildman–Crippen MR) is 105 cm³/mol. The molecule has 29 heavy (non-hydrogen) atoms. The highest BCUT2D eigenvalue weighted by molar-refractivity contribution is 6.04. The molecular weight excluding hydrogens is 375 g/mol. The van der Waals surface area contributed by atoms with E-state index in [9.17, 15) is 14.0 Å². The third-order valence-corrected chi connectivity index (χ3v) is 5.29. The molecule has 0 spiro atoms. The molecule has 1 amide bonds. The van der Waals surface area contributed by atoms with Crippen LogP contribution in [0.4, 0.5) is 10.1 Å². The Bertz CT molecular complexity index is 929. The minimum absolute atomic E-state index is 0.0764. The Morgan fingerprint density at radius 3 is 2.86 bits per heavy atom. The number of rotatable bonds is 7. The van der Waals surface area contributed by atoms with Gasteiger partial charge in [0.05, 0.1) is 12.8 Å². The summed E-state index contributed by atoms with van der Waals surface area (Å²) in [5, 5.41) is 0. The van der Waals surface area contributed by atoms with Crippen molar-refractivity contribution in [3.63, 3.8) is 0 Å². The van der Waals surface area contributed by atoms with Crippen molar-refractivity contribution in [2.75, 3.05) is 18.1 Å². The summed E-state index contributed by atoms with van der Waals surface area (Å²) < 4.78 is 25.7. The number of hydrogen-bond acceptors (Lipinski definition) is 5. The quantitative estimate of drug-likeness (QED) is 0.665. The van der Waals surface area contributed by atoms with Crippen molar-refractivity contribution >= 4 is 17.4 Å². The van der Waals surface area contributed by atoms with Crippen molar-refractivity contribution in [2.45, 2.75) is 45.1 Å². The van der Waals surface area contributed by atoms with Crippen molar-refractivity contribution in [2.24, 2.45) is 0 Å². The van der Waals surface area contributed by atoms with Gasteiger partial charge < -0.3 is 14.4 Å². The summed E-state index contributed by atoms with van der Waals surface area (Å²) in [6.45, 7) is 3.10. The van der Waals surface area contributed by atoms with Crippen LogP contribution in [0.25, 0.3) is 0 Å². The van der Waals surface area contributed by atoms with Gasteiger partial charge in [-0.05, 0) is 36.6 Å². The van der Waals surface area contributed by atoms with Gasteiger partial charge in [0, 0.05) is 36.7 Å². The summed E-state index contributed by atoms with van der Waals surface area (Å²) in [4.78, 5) is 30.4. The summed E-state index contributed by atoms with van der Waals surface area (Å²) in [6.07, 6.45) is 4.08. The topological polar surface area (TPSA) is 68.7 Å². The second-order valence-corrected chi connectivity index (χ2v) is 7.30. The Balaban J connectivity index is 1.42. The molecule has 6 nitrogen and oxygen atoms in total. The van der Waals surface area contributed by atoms with Crippen molar-refractivity contribution in [1.29, 1.82) is 0 Å². The Morgan fingerprint density at radius 1 is 1.24 bits per heavy atom. The van der Waals surface area contributed by atoms with Crippen LogP contribution in [0.15, 0.2) is 30.5 Å². The summed E-state index contributed by atoms with van der Waals surface area (Å²) in [5.74, 6) is 0.237. The van der Waals surface area contributed by atoms with Crippen molar-refractivity contribution in [3.8, 4) is 11.6 Å². The molecule has 4 rings (SSSR count). The summed E-state index contributed by atoms with van der Waals surface area (Å²) in [5.41, 5.74) is 1.25. The van der Waals surface area contributed by atoms with E-state index in [-0.39, 0.29) is 11.7 Å².